The SMILES string of the molecule is CCN1CCN(Cc2ccc(Nc3nc(OC)c4c(-c5ccc(O)cc5)c[nH]c4n3)cn2)CC1. The molecule has 4 heterocycles. The molecule has 9 nitrogen and oxygen atoms in total. The molecule has 4 aromatic rings. The predicted molar refractivity (Wildman–Crippen MR) is 132 cm³/mol. The second-order valence-electron chi connectivity index (χ2n) is 8.40. The largest absolute Gasteiger partial charge is 0.508 e. The molecule has 0 radical (unpaired) electrons. The smallest absolute Gasteiger partial charge is 0.232 e. The molecule has 176 valence electrons. The third kappa shape index (κ3) is 4.66. The first kappa shape index (κ1) is 22.1. The molecule has 0 atom stereocenters. The number of likely N-dealkylation sites (N-methyl/N-ethyl adjacent to an activating group) is 1. The average Bonchev–Trinajstić information content (AvgIpc) is 3.30. The number of fused-ring (bicyclic) bond motifs is 1. The number of phenolic OH excluding ortho intramolecular Hbond substituents is 1. The molecule has 1 saturated heterocycles. The molecule has 0 spiro atoms. The first-order chi connectivity index (χ1) is 16.6. The lowest BCUT2D eigenvalue weighted by Gasteiger charge is -2.33. The number of phenols is 1. The molecule has 0 saturated carbocycles. The van der Waals surface area contributed by atoms with Gasteiger partial charge in [0.2, 0.25) is 11.8 Å². The Morgan fingerprint density at radius 1 is 1.03 bits per heavy atom. The Balaban J connectivity index is 1.31. The molecule has 3 aromatic heterocycles. The summed E-state index contributed by atoms with van der Waals surface area (Å²) in [6.45, 7) is 8.57. The van der Waals surface area contributed by atoms with E-state index >= 15 is 0 Å². The van der Waals surface area contributed by atoms with Gasteiger partial charge in [0, 0.05) is 44.5 Å². The number of hydrogen-bond donors (Lipinski definition) is 3. The summed E-state index contributed by atoms with van der Waals surface area (Å²) in [6.07, 6.45) is 3.68. The maximum absolute atomic E-state index is 9.59. The Kier molecular flexibility index (Phi) is 6.29. The molecule has 3 N–H and O–H groups in total. The highest BCUT2D eigenvalue weighted by Gasteiger charge is 2.17. The minimum Gasteiger partial charge on any atom is -0.508 e. The van der Waals surface area contributed by atoms with Gasteiger partial charge in [0.25, 0.3) is 0 Å². The topological polar surface area (TPSA) is 102 Å². The number of rotatable bonds is 7. The number of pyridine rings is 1. The number of H-pyrrole nitrogens is 1. The zero-order valence-corrected chi connectivity index (χ0v) is 19.5. The van der Waals surface area contributed by atoms with Crippen molar-refractivity contribution in [2.24, 2.45) is 0 Å². The molecule has 1 aliphatic heterocycles. The summed E-state index contributed by atoms with van der Waals surface area (Å²) in [5.41, 5.74) is 4.36. The van der Waals surface area contributed by atoms with Crippen molar-refractivity contribution in [2.75, 3.05) is 45.2 Å². The minimum atomic E-state index is 0.219. The van der Waals surface area contributed by atoms with Crippen LogP contribution in [0.4, 0.5) is 11.6 Å². The van der Waals surface area contributed by atoms with E-state index in [0.717, 1.165) is 67.2 Å². The van der Waals surface area contributed by atoms with Crippen LogP contribution in [0.2, 0.25) is 0 Å². The van der Waals surface area contributed by atoms with Crippen molar-refractivity contribution in [1.29, 1.82) is 0 Å². The molecule has 0 bridgehead atoms. The van der Waals surface area contributed by atoms with E-state index in [1.165, 1.54) is 0 Å². The number of nitrogens with one attached hydrogen (secondary N) is 2. The fourth-order valence-corrected chi connectivity index (χ4v) is 4.29. The summed E-state index contributed by atoms with van der Waals surface area (Å²) in [5, 5.41) is 13.6. The standard InChI is InChI=1S/C25H29N7O2/c1-3-31-10-12-32(13-11-31)16-19-7-6-18(14-26-19)28-25-29-23-22(24(30-25)34-2)21(15-27-23)17-4-8-20(33)9-5-17/h4-9,14-15,33H,3,10-13,16H2,1-2H3,(H2,27,28,29,30). The van der Waals surface area contributed by atoms with Crippen LogP contribution in [0.25, 0.3) is 22.2 Å². The van der Waals surface area contributed by atoms with Crippen molar-refractivity contribution in [3.05, 3.63) is 54.5 Å². The van der Waals surface area contributed by atoms with Crippen molar-refractivity contribution in [3.8, 4) is 22.8 Å². The van der Waals surface area contributed by atoms with E-state index in [-0.39, 0.29) is 5.75 Å². The minimum absolute atomic E-state index is 0.219. The van der Waals surface area contributed by atoms with Gasteiger partial charge < -0.3 is 25.0 Å². The molecular formula is C25H29N7O2. The van der Waals surface area contributed by atoms with Gasteiger partial charge in [-0.2, -0.15) is 9.97 Å². The Bertz CT molecular complexity index is 1250. The monoisotopic (exact) mass is 459 g/mol. The van der Waals surface area contributed by atoms with E-state index in [2.05, 4.69) is 42.0 Å². The number of anilines is 2. The van der Waals surface area contributed by atoms with Gasteiger partial charge in [-0.05, 0) is 36.4 Å². The number of hydrogen-bond acceptors (Lipinski definition) is 8. The number of benzene rings is 1. The fraction of sp³-hybridized carbons (Fsp3) is 0.320. The van der Waals surface area contributed by atoms with Gasteiger partial charge in [0.1, 0.15) is 11.4 Å². The van der Waals surface area contributed by atoms with E-state index in [1.807, 2.05) is 36.7 Å². The van der Waals surface area contributed by atoms with Crippen molar-refractivity contribution >= 4 is 22.7 Å². The summed E-state index contributed by atoms with van der Waals surface area (Å²) in [6, 6.07) is 11.0. The molecule has 5 rings (SSSR count). The highest BCUT2D eigenvalue weighted by Crippen LogP contribution is 2.35. The van der Waals surface area contributed by atoms with Gasteiger partial charge in [-0.15, -0.1) is 0 Å². The van der Waals surface area contributed by atoms with E-state index in [4.69, 9.17) is 4.74 Å². The first-order valence-electron chi connectivity index (χ1n) is 11.5. The Morgan fingerprint density at radius 2 is 1.79 bits per heavy atom. The molecule has 0 aliphatic carbocycles. The van der Waals surface area contributed by atoms with Crippen LogP contribution < -0.4 is 10.1 Å². The Morgan fingerprint density at radius 3 is 2.47 bits per heavy atom. The maximum atomic E-state index is 9.59. The summed E-state index contributed by atoms with van der Waals surface area (Å²) < 4.78 is 5.58. The molecule has 1 aromatic carbocycles. The normalized spacial score (nSPS) is 15.0. The van der Waals surface area contributed by atoms with Gasteiger partial charge in [0.15, 0.2) is 0 Å². The molecule has 34 heavy (non-hydrogen) atoms. The van der Waals surface area contributed by atoms with Crippen molar-refractivity contribution < 1.29 is 9.84 Å². The highest BCUT2D eigenvalue weighted by molar-refractivity contribution is 5.97. The molecule has 0 unspecified atom stereocenters. The Labute approximate surface area is 198 Å². The lowest BCUT2D eigenvalue weighted by molar-refractivity contribution is 0.131. The van der Waals surface area contributed by atoms with Gasteiger partial charge in [0.05, 0.1) is 30.1 Å². The summed E-state index contributed by atoms with van der Waals surface area (Å²) in [4.78, 5) is 21.9. The lowest BCUT2D eigenvalue weighted by atomic mass is 10.1. The molecule has 0 amide bonds. The van der Waals surface area contributed by atoms with E-state index in [0.29, 0.717) is 17.5 Å². The van der Waals surface area contributed by atoms with Crippen LogP contribution in [-0.4, -0.2) is 74.7 Å². The van der Waals surface area contributed by atoms with Crippen molar-refractivity contribution in [1.82, 2.24) is 29.7 Å². The van der Waals surface area contributed by atoms with Crippen LogP contribution in [0, 0.1) is 0 Å². The number of methoxy groups -OCH3 is 1. The van der Waals surface area contributed by atoms with Crippen LogP contribution in [0.1, 0.15) is 12.6 Å². The summed E-state index contributed by atoms with van der Waals surface area (Å²) in [7, 11) is 1.59. The second kappa shape index (κ2) is 9.66. The summed E-state index contributed by atoms with van der Waals surface area (Å²) in [5.74, 6) is 1.11. The van der Waals surface area contributed by atoms with Gasteiger partial charge >= 0.3 is 0 Å². The number of piperazine rings is 1. The number of aromatic nitrogens is 4. The van der Waals surface area contributed by atoms with Crippen molar-refractivity contribution in [2.45, 2.75) is 13.5 Å². The first-order valence-corrected chi connectivity index (χ1v) is 11.5. The Hall–Kier alpha value is -3.69. The molecule has 1 fully saturated rings. The average molecular weight is 460 g/mol. The third-order valence-electron chi connectivity index (χ3n) is 6.25. The molecule has 1 aliphatic rings. The third-order valence-corrected chi connectivity index (χ3v) is 6.25. The quantitative estimate of drug-likeness (QED) is 0.385. The lowest BCUT2D eigenvalue weighted by Crippen LogP contribution is -2.45. The highest BCUT2D eigenvalue weighted by atomic mass is 16.5. The zero-order chi connectivity index (χ0) is 23.5. The van der Waals surface area contributed by atoms with E-state index in [9.17, 15) is 5.11 Å². The second-order valence-corrected chi connectivity index (χ2v) is 8.40. The van der Waals surface area contributed by atoms with Gasteiger partial charge in [-0.3, -0.25) is 9.88 Å². The maximum Gasteiger partial charge on any atom is 0.232 e. The van der Waals surface area contributed by atoms with Crippen LogP contribution >= 0.6 is 0 Å². The summed E-state index contributed by atoms with van der Waals surface area (Å²) >= 11 is 0. The van der Waals surface area contributed by atoms with Crippen LogP contribution in [0.3, 0.4) is 0 Å². The predicted octanol–water partition coefficient (Wildman–Crippen LogP) is 3.62. The van der Waals surface area contributed by atoms with E-state index < -0.39 is 0 Å². The number of aromatic amines is 1. The molecular weight excluding hydrogens is 430 g/mol. The van der Waals surface area contributed by atoms with Crippen LogP contribution in [-0.2, 0) is 6.54 Å². The van der Waals surface area contributed by atoms with Gasteiger partial charge in [-0.25, -0.2) is 0 Å². The molecule has 9 heteroatoms. The zero-order valence-electron chi connectivity index (χ0n) is 19.5. The number of nitrogens with zero attached hydrogens (tertiary/aromatic N) is 5. The van der Waals surface area contributed by atoms with Crippen molar-refractivity contribution in [3.63, 3.8) is 0 Å². The van der Waals surface area contributed by atoms with Gasteiger partial charge in [-0.1, -0.05) is 19.1 Å². The van der Waals surface area contributed by atoms with Crippen LogP contribution in [0.5, 0.6) is 11.6 Å². The fourth-order valence-electron chi connectivity index (χ4n) is 4.29. The van der Waals surface area contributed by atoms with Crippen LogP contribution in [0.15, 0.2) is 48.8 Å². The van der Waals surface area contributed by atoms with E-state index in [1.54, 1.807) is 19.2 Å². The number of ether oxygens (including phenoxy) is 1. The number of aromatic hydroxyl groups is 1.